The van der Waals surface area contributed by atoms with Gasteiger partial charge in [-0.1, -0.05) is 74.3 Å². The molecule has 3 atom stereocenters. The number of benzene rings is 2. The normalized spacial score (nSPS) is 26.4. The van der Waals surface area contributed by atoms with Gasteiger partial charge in [0.15, 0.2) is 8.32 Å². The molecule has 144 valence electrons. The van der Waals surface area contributed by atoms with E-state index in [0.717, 1.165) is 24.6 Å². The van der Waals surface area contributed by atoms with E-state index >= 15 is 0 Å². The first-order valence-corrected chi connectivity index (χ1v) is 13.2. The Bertz CT molecular complexity index is 844. The zero-order valence-corrected chi connectivity index (χ0v) is 18.6. The van der Waals surface area contributed by atoms with Gasteiger partial charge in [-0.2, -0.15) is 0 Å². The molecule has 1 fully saturated rings. The number of ether oxygens (including phenoxy) is 1. The Labute approximate surface area is 172 Å². The van der Waals surface area contributed by atoms with E-state index in [1.807, 2.05) is 12.1 Å². The smallest absolute Gasteiger partial charge is 0.213 e. The van der Waals surface area contributed by atoms with E-state index in [4.69, 9.17) is 32.4 Å². The lowest BCUT2D eigenvalue weighted by atomic mass is 9.78. The summed E-state index contributed by atoms with van der Waals surface area (Å²) in [6.07, 6.45) is 1.03. The first-order chi connectivity index (χ1) is 13.0. The van der Waals surface area contributed by atoms with Crippen molar-refractivity contribution < 1.29 is 9.16 Å². The van der Waals surface area contributed by atoms with Gasteiger partial charge >= 0.3 is 0 Å². The Morgan fingerprint density at radius 1 is 1.04 bits per heavy atom. The molecule has 3 unspecified atom stereocenters. The summed E-state index contributed by atoms with van der Waals surface area (Å²) in [6.45, 7) is 6.79. The van der Waals surface area contributed by atoms with E-state index < -0.39 is 14.1 Å². The van der Waals surface area contributed by atoms with Gasteiger partial charge in [-0.25, -0.2) is 0 Å². The Balaban J connectivity index is 1.74. The predicted octanol–water partition coefficient (Wildman–Crippen LogP) is 7.10. The highest BCUT2D eigenvalue weighted by molar-refractivity contribution is 6.73. The van der Waals surface area contributed by atoms with Gasteiger partial charge in [0.1, 0.15) is 6.10 Å². The SMILES string of the molecule is CC[Si](CC)(CC)OC12OC1CC(c1ccc(Cl)c(Cl)c1)c1ccccc12. The molecule has 2 aromatic carbocycles. The van der Waals surface area contributed by atoms with E-state index in [9.17, 15) is 0 Å². The van der Waals surface area contributed by atoms with Crippen molar-refractivity contribution in [3.8, 4) is 0 Å². The maximum absolute atomic E-state index is 6.91. The van der Waals surface area contributed by atoms with Gasteiger partial charge in [0, 0.05) is 11.5 Å². The van der Waals surface area contributed by atoms with Crippen molar-refractivity contribution in [2.45, 2.75) is 63.1 Å². The van der Waals surface area contributed by atoms with Crippen LogP contribution in [0.5, 0.6) is 0 Å². The standard InChI is InChI=1S/C22H26Cl2O2Si/c1-4-27(5-2,6-3)26-22-18-10-8-7-9-16(18)17(14-21(22)25-22)15-11-12-19(23)20(24)13-15/h7-13,17,21H,4-6,14H2,1-3H3. The van der Waals surface area contributed by atoms with Crippen LogP contribution >= 0.6 is 23.2 Å². The maximum Gasteiger partial charge on any atom is 0.213 e. The summed E-state index contributed by atoms with van der Waals surface area (Å²) in [7, 11) is -1.79. The summed E-state index contributed by atoms with van der Waals surface area (Å²) in [5, 5.41) is 1.19. The molecule has 1 saturated heterocycles. The number of hydrogen-bond donors (Lipinski definition) is 0. The molecule has 0 spiro atoms. The molecular weight excluding hydrogens is 395 g/mol. The largest absolute Gasteiger partial charge is 0.385 e. The van der Waals surface area contributed by atoms with Crippen molar-refractivity contribution in [2.75, 3.05) is 0 Å². The summed E-state index contributed by atoms with van der Waals surface area (Å²) < 4.78 is 13.2. The average Bonchev–Trinajstić information content (AvgIpc) is 3.42. The van der Waals surface area contributed by atoms with Gasteiger partial charge < -0.3 is 9.16 Å². The Kier molecular flexibility index (Phi) is 5.19. The number of halogens is 2. The Hall–Kier alpha value is -0.843. The molecule has 1 aliphatic heterocycles. The number of rotatable bonds is 6. The monoisotopic (exact) mass is 420 g/mol. The number of hydrogen-bond acceptors (Lipinski definition) is 2. The molecule has 2 aliphatic rings. The quantitative estimate of drug-likeness (QED) is 0.366. The third kappa shape index (κ3) is 3.18. The molecule has 0 aromatic heterocycles. The molecule has 2 aromatic rings. The molecule has 0 saturated carbocycles. The first kappa shape index (κ1) is 19.5. The minimum Gasteiger partial charge on any atom is -0.385 e. The van der Waals surface area contributed by atoms with Gasteiger partial charge in [0.05, 0.1) is 10.0 Å². The van der Waals surface area contributed by atoms with Gasteiger partial charge in [-0.05, 0) is 47.8 Å². The average molecular weight is 421 g/mol. The first-order valence-electron chi connectivity index (χ1n) is 9.91. The Morgan fingerprint density at radius 3 is 2.41 bits per heavy atom. The van der Waals surface area contributed by atoms with Crippen molar-refractivity contribution >= 4 is 31.5 Å². The second-order valence-corrected chi connectivity index (χ2v) is 13.2. The molecular formula is C22H26Cl2O2Si. The second-order valence-electron chi connectivity index (χ2n) is 7.67. The topological polar surface area (TPSA) is 21.8 Å². The van der Waals surface area contributed by atoms with Crippen LogP contribution in [0.15, 0.2) is 42.5 Å². The molecule has 5 heteroatoms. The third-order valence-electron chi connectivity index (χ3n) is 6.49. The van der Waals surface area contributed by atoms with Gasteiger partial charge in [-0.3, -0.25) is 0 Å². The van der Waals surface area contributed by atoms with Crippen LogP contribution in [0.3, 0.4) is 0 Å². The molecule has 0 N–H and O–H groups in total. The fourth-order valence-electron chi connectivity index (χ4n) is 4.55. The lowest BCUT2D eigenvalue weighted by molar-refractivity contribution is 0.0462. The predicted molar refractivity (Wildman–Crippen MR) is 114 cm³/mol. The summed E-state index contributed by atoms with van der Waals surface area (Å²) in [5.74, 6) is -0.279. The van der Waals surface area contributed by atoms with Crippen molar-refractivity contribution in [2.24, 2.45) is 0 Å². The van der Waals surface area contributed by atoms with Crippen LogP contribution in [0.4, 0.5) is 0 Å². The molecule has 1 heterocycles. The van der Waals surface area contributed by atoms with E-state index in [1.165, 1.54) is 16.7 Å². The Morgan fingerprint density at radius 2 is 1.74 bits per heavy atom. The van der Waals surface area contributed by atoms with Crippen LogP contribution < -0.4 is 0 Å². The van der Waals surface area contributed by atoms with Crippen molar-refractivity contribution in [3.63, 3.8) is 0 Å². The molecule has 0 bridgehead atoms. The van der Waals surface area contributed by atoms with Gasteiger partial charge in [0.25, 0.3) is 0 Å². The van der Waals surface area contributed by atoms with E-state index in [0.29, 0.717) is 10.0 Å². The van der Waals surface area contributed by atoms with Crippen LogP contribution in [0.2, 0.25) is 28.2 Å². The van der Waals surface area contributed by atoms with E-state index in [-0.39, 0.29) is 12.0 Å². The van der Waals surface area contributed by atoms with Crippen LogP contribution in [0.1, 0.15) is 49.8 Å². The van der Waals surface area contributed by atoms with Crippen LogP contribution in [-0.2, 0) is 14.9 Å². The van der Waals surface area contributed by atoms with Crippen LogP contribution in [-0.4, -0.2) is 14.4 Å². The lowest BCUT2D eigenvalue weighted by Gasteiger charge is -2.36. The van der Waals surface area contributed by atoms with Crippen molar-refractivity contribution in [1.29, 1.82) is 0 Å². The fourth-order valence-corrected chi connectivity index (χ4v) is 7.73. The summed E-state index contributed by atoms with van der Waals surface area (Å²) in [6, 6.07) is 17.9. The summed E-state index contributed by atoms with van der Waals surface area (Å²) in [5.41, 5.74) is 3.67. The lowest BCUT2D eigenvalue weighted by Crippen LogP contribution is -2.42. The number of fused-ring (bicyclic) bond motifs is 3. The van der Waals surface area contributed by atoms with Crippen LogP contribution in [0.25, 0.3) is 0 Å². The minimum atomic E-state index is -1.79. The second kappa shape index (κ2) is 7.20. The minimum absolute atomic E-state index is 0.114. The fraction of sp³-hybridized carbons (Fsp3) is 0.455. The zero-order chi connectivity index (χ0) is 19.2. The number of epoxide rings is 1. The highest BCUT2D eigenvalue weighted by Gasteiger charge is 2.65. The van der Waals surface area contributed by atoms with E-state index in [1.54, 1.807) is 0 Å². The zero-order valence-electron chi connectivity index (χ0n) is 16.1. The molecule has 27 heavy (non-hydrogen) atoms. The molecule has 1 aliphatic carbocycles. The molecule has 0 amide bonds. The van der Waals surface area contributed by atoms with Gasteiger partial charge in [0.2, 0.25) is 5.79 Å². The van der Waals surface area contributed by atoms with Crippen molar-refractivity contribution in [3.05, 3.63) is 69.2 Å². The highest BCUT2D eigenvalue weighted by Crippen LogP contribution is 2.60. The highest BCUT2D eigenvalue weighted by atomic mass is 35.5. The maximum atomic E-state index is 6.91. The molecule has 0 radical (unpaired) electrons. The van der Waals surface area contributed by atoms with Crippen molar-refractivity contribution in [1.82, 2.24) is 0 Å². The molecule has 4 rings (SSSR count). The molecule has 2 nitrogen and oxygen atoms in total. The van der Waals surface area contributed by atoms with Crippen LogP contribution in [0, 0.1) is 0 Å². The summed E-state index contributed by atoms with van der Waals surface area (Å²) in [4.78, 5) is 0. The van der Waals surface area contributed by atoms with E-state index in [2.05, 4.69) is 51.1 Å². The third-order valence-corrected chi connectivity index (χ3v) is 11.8. The van der Waals surface area contributed by atoms with Gasteiger partial charge in [-0.15, -0.1) is 0 Å². The summed E-state index contributed by atoms with van der Waals surface area (Å²) >= 11 is 12.4.